The Hall–Kier alpha value is -0.780. The minimum Gasteiger partial charge on any atom is -0.0996 e. The summed E-state index contributed by atoms with van der Waals surface area (Å²) in [6, 6.07) is 0. The van der Waals surface area contributed by atoms with Crippen LogP contribution < -0.4 is 0 Å². The predicted octanol–water partition coefficient (Wildman–Crippen LogP) is 5.38. The Morgan fingerprint density at radius 1 is 1.12 bits per heavy atom. The lowest BCUT2D eigenvalue weighted by Crippen LogP contribution is -2.08. The van der Waals surface area contributed by atoms with Crippen LogP contribution in [0.4, 0.5) is 0 Å². The van der Waals surface area contributed by atoms with Gasteiger partial charge in [0, 0.05) is 0 Å². The molecule has 0 aliphatic carbocycles. The highest BCUT2D eigenvalue weighted by molar-refractivity contribution is 5.18. The topological polar surface area (TPSA) is 0 Å². The molecule has 0 nitrogen and oxygen atoms in total. The Balaban J connectivity index is 4.28. The molecule has 0 aliphatic heterocycles. The summed E-state index contributed by atoms with van der Waals surface area (Å²) in [6.07, 6.45) is 6.46. The van der Waals surface area contributed by atoms with Crippen LogP contribution in [-0.4, -0.2) is 0 Å². The molecule has 0 fully saturated rings. The van der Waals surface area contributed by atoms with Crippen LogP contribution in [-0.2, 0) is 0 Å². The fraction of sp³-hybridized carbons (Fsp3) is 0.625. The summed E-state index contributed by atoms with van der Waals surface area (Å²) >= 11 is 0. The molecule has 0 heterocycles. The summed E-state index contributed by atoms with van der Waals surface area (Å²) in [5.74, 6) is 1.90. The molecule has 0 saturated carbocycles. The molecule has 0 aliphatic rings. The van der Waals surface area contributed by atoms with Crippen LogP contribution in [0.1, 0.15) is 47.5 Å². The van der Waals surface area contributed by atoms with Crippen molar-refractivity contribution in [2.45, 2.75) is 47.5 Å². The molecule has 0 heteroatoms. The van der Waals surface area contributed by atoms with Gasteiger partial charge in [0.1, 0.15) is 0 Å². The maximum absolute atomic E-state index is 4.21. The van der Waals surface area contributed by atoms with Crippen molar-refractivity contribution in [3.63, 3.8) is 0 Å². The Morgan fingerprint density at radius 3 is 2.06 bits per heavy atom. The first-order valence-corrected chi connectivity index (χ1v) is 6.38. The Morgan fingerprint density at radius 2 is 1.69 bits per heavy atom. The molecule has 0 saturated heterocycles. The summed E-state index contributed by atoms with van der Waals surface area (Å²) < 4.78 is 0. The minimum absolute atomic E-state index is 0.585. The van der Waals surface area contributed by atoms with Gasteiger partial charge in [0.2, 0.25) is 0 Å². The molecule has 0 spiro atoms. The van der Waals surface area contributed by atoms with Gasteiger partial charge in [-0.25, -0.2) is 0 Å². The summed E-state index contributed by atoms with van der Waals surface area (Å²) in [5.41, 5.74) is 2.74. The van der Waals surface area contributed by atoms with E-state index < -0.39 is 0 Å². The number of hydrogen-bond acceptors (Lipinski definition) is 0. The molecule has 2 atom stereocenters. The first-order chi connectivity index (χ1) is 7.42. The zero-order chi connectivity index (χ0) is 12.7. The Kier molecular flexibility index (Phi) is 7.12. The number of rotatable bonds is 7. The van der Waals surface area contributed by atoms with Gasteiger partial charge >= 0.3 is 0 Å². The van der Waals surface area contributed by atoms with E-state index in [1.807, 2.05) is 6.08 Å². The zero-order valence-electron chi connectivity index (χ0n) is 11.7. The van der Waals surface area contributed by atoms with E-state index in [1.165, 1.54) is 17.6 Å². The Bertz CT molecular complexity index is 255. The van der Waals surface area contributed by atoms with Crippen LogP contribution in [0.2, 0.25) is 0 Å². The number of hydrogen-bond donors (Lipinski definition) is 0. The average molecular weight is 220 g/mol. The summed E-state index contributed by atoms with van der Waals surface area (Å²) in [7, 11) is 0. The highest BCUT2D eigenvalue weighted by atomic mass is 14.2. The fourth-order valence-corrected chi connectivity index (χ4v) is 2.16. The monoisotopic (exact) mass is 220 g/mol. The van der Waals surface area contributed by atoms with E-state index in [2.05, 4.69) is 53.9 Å². The lowest BCUT2D eigenvalue weighted by Gasteiger charge is -2.21. The average Bonchev–Trinajstić information content (AvgIpc) is 2.18. The summed E-state index contributed by atoms with van der Waals surface area (Å²) in [6.45, 7) is 19.2. The van der Waals surface area contributed by atoms with Crippen LogP contribution in [0.25, 0.3) is 0 Å². The van der Waals surface area contributed by atoms with E-state index in [1.54, 1.807) is 0 Å². The van der Waals surface area contributed by atoms with Crippen molar-refractivity contribution >= 4 is 0 Å². The van der Waals surface area contributed by atoms with E-state index in [9.17, 15) is 0 Å². The van der Waals surface area contributed by atoms with Crippen molar-refractivity contribution in [2.75, 3.05) is 0 Å². The zero-order valence-corrected chi connectivity index (χ0v) is 11.7. The van der Waals surface area contributed by atoms with Crippen molar-refractivity contribution in [1.82, 2.24) is 0 Å². The fourth-order valence-electron chi connectivity index (χ4n) is 2.16. The van der Waals surface area contributed by atoms with Crippen molar-refractivity contribution in [3.8, 4) is 0 Å². The van der Waals surface area contributed by atoms with Gasteiger partial charge in [-0.1, -0.05) is 64.2 Å². The van der Waals surface area contributed by atoms with Gasteiger partial charge in [0.05, 0.1) is 0 Å². The van der Waals surface area contributed by atoms with Crippen LogP contribution >= 0.6 is 0 Å². The lowest BCUT2D eigenvalue weighted by molar-refractivity contribution is 0.479. The molecule has 0 amide bonds. The smallest absolute Gasteiger partial charge is 0.0188 e. The summed E-state index contributed by atoms with van der Waals surface area (Å²) in [4.78, 5) is 0. The highest BCUT2D eigenvalue weighted by Crippen LogP contribution is 2.27. The highest BCUT2D eigenvalue weighted by Gasteiger charge is 2.14. The first-order valence-electron chi connectivity index (χ1n) is 6.38. The SMILES string of the molecule is C=CC(=CC)C(C)CC(C)C(=C)CC(C)C. The van der Waals surface area contributed by atoms with Crippen molar-refractivity contribution in [2.24, 2.45) is 17.8 Å². The molecule has 0 aromatic rings. The molecular weight excluding hydrogens is 192 g/mol. The van der Waals surface area contributed by atoms with Gasteiger partial charge in [-0.2, -0.15) is 0 Å². The van der Waals surface area contributed by atoms with Crippen LogP contribution in [0.15, 0.2) is 36.5 Å². The third-order valence-corrected chi connectivity index (χ3v) is 3.21. The second-order valence-corrected chi connectivity index (χ2v) is 5.29. The molecule has 0 N–H and O–H groups in total. The molecular formula is C16H28. The maximum atomic E-state index is 4.21. The van der Waals surface area contributed by atoms with Gasteiger partial charge < -0.3 is 0 Å². The third kappa shape index (κ3) is 5.34. The standard InChI is InChI=1S/C16H28/c1-8-16(9-2)15(7)11-14(6)13(5)10-12(3)4/h8-9,12,14-15H,1,5,10-11H2,2-4,6-7H3. The van der Waals surface area contributed by atoms with Crippen molar-refractivity contribution in [1.29, 1.82) is 0 Å². The molecule has 0 bridgehead atoms. The molecule has 0 radical (unpaired) electrons. The van der Waals surface area contributed by atoms with E-state index >= 15 is 0 Å². The lowest BCUT2D eigenvalue weighted by atomic mass is 9.84. The summed E-state index contributed by atoms with van der Waals surface area (Å²) in [5, 5.41) is 0. The second kappa shape index (κ2) is 7.49. The molecule has 0 aromatic carbocycles. The number of allylic oxidation sites excluding steroid dienone is 4. The third-order valence-electron chi connectivity index (χ3n) is 3.21. The van der Waals surface area contributed by atoms with Gasteiger partial charge in [0.25, 0.3) is 0 Å². The van der Waals surface area contributed by atoms with Crippen LogP contribution in [0, 0.1) is 17.8 Å². The van der Waals surface area contributed by atoms with Gasteiger partial charge in [-0.3, -0.25) is 0 Å². The van der Waals surface area contributed by atoms with E-state index in [0.717, 1.165) is 6.42 Å². The van der Waals surface area contributed by atoms with Crippen molar-refractivity contribution in [3.05, 3.63) is 36.5 Å². The molecule has 92 valence electrons. The first kappa shape index (κ1) is 15.2. The van der Waals surface area contributed by atoms with Crippen LogP contribution in [0.3, 0.4) is 0 Å². The van der Waals surface area contributed by atoms with E-state index in [0.29, 0.717) is 17.8 Å². The van der Waals surface area contributed by atoms with E-state index in [-0.39, 0.29) is 0 Å². The molecule has 0 rings (SSSR count). The quantitative estimate of drug-likeness (QED) is 0.399. The largest absolute Gasteiger partial charge is 0.0996 e. The molecule has 16 heavy (non-hydrogen) atoms. The van der Waals surface area contributed by atoms with Crippen LogP contribution in [0.5, 0.6) is 0 Å². The van der Waals surface area contributed by atoms with Gasteiger partial charge in [0.15, 0.2) is 0 Å². The maximum Gasteiger partial charge on any atom is -0.0188 e. The van der Waals surface area contributed by atoms with Gasteiger partial charge in [-0.05, 0) is 37.5 Å². The van der Waals surface area contributed by atoms with E-state index in [4.69, 9.17) is 0 Å². The second-order valence-electron chi connectivity index (χ2n) is 5.29. The normalized spacial score (nSPS) is 16.0. The molecule has 2 unspecified atom stereocenters. The van der Waals surface area contributed by atoms with Gasteiger partial charge in [-0.15, -0.1) is 0 Å². The minimum atomic E-state index is 0.585. The Labute approximate surface area is 102 Å². The molecule has 0 aromatic heterocycles. The van der Waals surface area contributed by atoms with Crippen molar-refractivity contribution < 1.29 is 0 Å². The predicted molar refractivity (Wildman–Crippen MR) is 75.5 cm³/mol.